The average molecular weight is 442 g/mol. The van der Waals surface area contributed by atoms with Gasteiger partial charge in [0.05, 0.1) is 17.6 Å². The van der Waals surface area contributed by atoms with E-state index in [0.29, 0.717) is 37.6 Å². The molecule has 162 valence electrons. The Morgan fingerprint density at radius 2 is 1.77 bits per heavy atom. The number of carbonyl (C=O) groups excluding carboxylic acids is 1. The molecule has 9 heteroatoms. The topological polar surface area (TPSA) is 103 Å². The average Bonchev–Trinajstić information content (AvgIpc) is 3.29. The second kappa shape index (κ2) is 8.60. The van der Waals surface area contributed by atoms with Crippen molar-refractivity contribution in [3.63, 3.8) is 0 Å². The highest BCUT2D eigenvalue weighted by Gasteiger charge is 2.34. The van der Waals surface area contributed by atoms with E-state index in [0.717, 1.165) is 11.1 Å². The number of piperidine rings is 1. The minimum absolute atomic E-state index is 0.00354. The van der Waals surface area contributed by atoms with Gasteiger partial charge >= 0.3 is 5.97 Å². The van der Waals surface area contributed by atoms with Crippen molar-refractivity contribution < 1.29 is 22.5 Å². The third-order valence-electron chi connectivity index (χ3n) is 5.55. The SMILES string of the molecule is COC(=O)c1ccccc1S(=O)(=O)N1CCC(c2noc(-c3ccccc3C)n2)CC1. The molecule has 4 rings (SSSR count). The van der Waals surface area contributed by atoms with Gasteiger partial charge in [0.25, 0.3) is 5.89 Å². The number of nitrogens with zero attached hydrogens (tertiary/aromatic N) is 3. The highest BCUT2D eigenvalue weighted by molar-refractivity contribution is 7.89. The van der Waals surface area contributed by atoms with Gasteiger partial charge in [-0.15, -0.1) is 0 Å². The van der Waals surface area contributed by atoms with Crippen LogP contribution in [-0.2, 0) is 14.8 Å². The highest BCUT2D eigenvalue weighted by atomic mass is 32.2. The molecule has 0 amide bonds. The summed E-state index contributed by atoms with van der Waals surface area (Å²) in [5.74, 6) is 0.383. The second-order valence-electron chi connectivity index (χ2n) is 7.44. The summed E-state index contributed by atoms with van der Waals surface area (Å²) >= 11 is 0. The minimum Gasteiger partial charge on any atom is -0.465 e. The van der Waals surface area contributed by atoms with E-state index < -0.39 is 16.0 Å². The van der Waals surface area contributed by atoms with E-state index >= 15 is 0 Å². The zero-order valence-electron chi connectivity index (χ0n) is 17.3. The molecule has 1 fully saturated rings. The Morgan fingerprint density at radius 3 is 2.48 bits per heavy atom. The van der Waals surface area contributed by atoms with Crippen LogP contribution in [0, 0.1) is 6.92 Å². The summed E-state index contributed by atoms with van der Waals surface area (Å²) < 4.78 is 37.9. The molecule has 1 aromatic heterocycles. The molecule has 0 spiro atoms. The van der Waals surface area contributed by atoms with Crippen LogP contribution in [0.25, 0.3) is 11.5 Å². The fraction of sp³-hybridized carbons (Fsp3) is 0.318. The molecule has 0 aliphatic carbocycles. The number of esters is 1. The fourth-order valence-electron chi connectivity index (χ4n) is 3.79. The molecule has 0 radical (unpaired) electrons. The van der Waals surface area contributed by atoms with Crippen LogP contribution < -0.4 is 0 Å². The smallest absolute Gasteiger partial charge is 0.339 e. The third-order valence-corrected chi connectivity index (χ3v) is 7.50. The fourth-order valence-corrected chi connectivity index (χ4v) is 5.44. The lowest BCUT2D eigenvalue weighted by Gasteiger charge is -2.30. The molecule has 8 nitrogen and oxygen atoms in total. The van der Waals surface area contributed by atoms with E-state index in [9.17, 15) is 13.2 Å². The quantitative estimate of drug-likeness (QED) is 0.559. The predicted octanol–water partition coefficient (Wildman–Crippen LogP) is 3.40. The number of hydrogen-bond acceptors (Lipinski definition) is 7. The van der Waals surface area contributed by atoms with Crippen LogP contribution in [0.3, 0.4) is 0 Å². The molecular formula is C22H23N3O5S. The summed E-state index contributed by atoms with van der Waals surface area (Å²) in [6.07, 6.45) is 1.12. The van der Waals surface area contributed by atoms with Gasteiger partial charge in [-0.1, -0.05) is 35.5 Å². The Labute approximate surface area is 180 Å². The Hall–Kier alpha value is -3.04. The summed E-state index contributed by atoms with van der Waals surface area (Å²) in [6.45, 7) is 2.59. The first-order valence-electron chi connectivity index (χ1n) is 9.99. The molecule has 0 bridgehead atoms. The van der Waals surface area contributed by atoms with Crippen molar-refractivity contribution in [2.45, 2.75) is 30.6 Å². The maximum absolute atomic E-state index is 13.2. The molecule has 1 aliphatic rings. The Bertz CT molecular complexity index is 1200. The summed E-state index contributed by atoms with van der Waals surface area (Å²) in [5.41, 5.74) is 1.97. The predicted molar refractivity (Wildman–Crippen MR) is 113 cm³/mol. The zero-order chi connectivity index (χ0) is 22.0. The van der Waals surface area contributed by atoms with Crippen molar-refractivity contribution in [3.05, 3.63) is 65.5 Å². The lowest BCUT2D eigenvalue weighted by Crippen LogP contribution is -2.38. The maximum Gasteiger partial charge on any atom is 0.339 e. The van der Waals surface area contributed by atoms with Crippen molar-refractivity contribution in [2.75, 3.05) is 20.2 Å². The van der Waals surface area contributed by atoms with Gasteiger partial charge in [0, 0.05) is 24.6 Å². The minimum atomic E-state index is -3.83. The number of aryl methyl sites for hydroxylation is 1. The molecule has 3 aromatic rings. The lowest BCUT2D eigenvalue weighted by molar-refractivity contribution is 0.0596. The van der Waals surface area contributed by atoms with E-state index in [-0.39, 0.29) is 16.4 Å². The van der Waals surface area contributed by atoms with Gasteiger partial charge in [-0.2, -0.15) is 9.29 Å². The molecule has 0 saturated carbocycles. The molecule has 0 N–H and O–H groups in total. The number of ether oxygens (including phenoxy) is 1. The van der Waals surface area contributed by atoms with Gasteiger partial charge in [-0.3, -0.25) is 0 Å². The van der Waals surface area contributed by atoms with E-state index in [1.54, 1.807) is 12.1 Å². The Balaban J connectivity index is 1.50. The van der Waals surface area contributed by atoms with Crippen LogP contribution in [0.15, 0.2) is 57.9 Å². The van der Waals surface area contributed by atoms with Crippen LogP contribution >= 0.6 is 0 Å². The molecule has 2 aromatic carbocycles. The molecule has 0 atom stereocenters. The highest BCUT2D eigenvalue weighted by Crippen LogP contribution is 2.32. The lowest BCUT2D eigenvalue weighted by atomic mass is 9.97. The van der Waals surface area contributed by atoms with Gasteiger partial charge in [-0.25, -0.2) is 13.2 Å². The third kappa shape index (κ3) is 4.11. The normalized spacial score (nSPS) is 15.7. The monoisotopic (exact) mass is 441 g/mol. The zero-order valence-corrected chi connectivity index (χ0v) is 18.1. The first-order chi connectivity index (χ1) is 14.9. The van der Waals surface area contributed by atoms with E-state index in [4.69, 9.17) is 9.26 Å². The van der Waals surface area contributed by atoms with Crippen molar-refractivity contribution in [1.82, 2.24) is 14.4 Å². The van der Waals surface area contributed by atoms with Crippen molar-refractivity contribution in [1.29, 1.82) is 0 Å². The molecule has 0 unspecified atom stereocenters. The van der Waals surface area contributed by atoms with Crippen molar-refractivity contribution >= 4 is 16.0 Å². The summed E-state index contributed by atoms with van der Waals surface area (Å²) in [5, 5.41) is 4.14. The van der Waals surface area contributed by atoms with Crippen molar-refractivity contribution in [3.8, 4) is 11.5 Å². The standard InChI is InChI=1S/C22H23N3O5S/c1-15-7-3-4-8-17(15)21-23-20(24-30-21)16-11-13-25(14-12-16)31(27,28)19-10-6-5-9-18(19)22(26)29-2/h3-10,16H,11-14H2,1-2H3. The van der Waals surface area contributed by atoms with Crippen LogP contribution in [0.1, 0.15) is 40.5 Å². The number of aromatic nitrogens is 2. The first kappa shape index (κ1) is 21.2. The number of benzene rings is 2. The van der Waals surface area contributed by atoms with E-state index in [2.05, 4.69) is 10.1 Å². The van der Waals surface area contributed by atoms with Gasteiger partial charge in [0.2, 0.25) is 10.0 Å². The Kier molecular flexibility index (Phi) is 5.88. The maximum atomic E-state index is 13.2. The van der Waals surface area contributed by atoms with Gasteiger partial charge in [0.1, 0.15) is 0 Å². The number of methoxy groups -OCH3 is 1. The van der Waals surface area contributed by atoms with Gasteiger partial charge < -0.3 is 9.26 Å². The van der Waals surface area contributed by atoms with Gasteiger partial charge in [0.15, 0.2) is 5.82 Å². The summed E-state index contributed by atoms with van der Waals surface area (Å²) in [6, 6.07) is 13.9. The summed E-state index contributed by atoms with van der Waals surface area (Å²) in [7, 11) is -2.60. The van der Waals surface area contributed by atoms with Gasteiger partial charge in [-0.05, 0) is 43.5 Å². The number of rotatable bonds is 5. The van der Waals surface area contributed by atoms with E-state index in [1.165, 1.54) is 23.5 Å². The summed E-state index contributed by atoms with van der Waals surface area (Å²) in [4.78, 5) is 16.5. The van der Waals surface area contributed by atoms with Crippen molar-refractivity contribution in [2.24, 2.45) is 0 Å². The van der Waals surface area contributed by atoms with Crippen LogP contribution in [0.2, 0.25) is 0 Å². The molecule has 2 heterocycles. The van der Waals surface area contributed by atoms with E-state index in [1.807, 2.05) is 31.2 Å². The first-order valence-corrected chi connectivity index (χ1v) is 11.4. The second-order valence-corrected chi connectivity index (χ2v) is 9.35. The molecule has 1 aliphatic heterocycles. The number of carbonyl (C=O) groups is 1. The largest absolute Gasteiger partial charge is 0.465 e. The van der Waals surface area contributed by atoms with Crippen LogP contribution in [0.5, 0.6) is 0 Å². The van der Waals surface area contributed by atoms with Crippen LogP contribution in [-0.4, -0.2) is 49.0 Å². The molecular weight excluding hydrogens is 418 g/mol. The molecule has 1 saturated heterocycles. The number of sulfonamides is 1. The number of hydrogen-bond donors (Lipinski definition) is 0. The molecule has 31 heavy (non-hydrogen) atoms. The van der Waals surface area contributed by atoms with Crippen LogP contribution in [0.4, 0.5) is 0 Å². The Morgan fingerprint density at radius 1 is 1.10 bits per heavy atom.